The van der Waals surface area contributed by atoms with E-state index in [9.17, 15) is 15.0 Å². The summed E-state index contributed by atoms with van der Waals surface area (Å²) in [5.74, 6) is 2.53. The number of rotatable bonds is 1. The first-order valence-corrected chi connectivity index (χ1v) is 10.6. The van der Waals surface area contributed by atoms with Crippen LogP contribution in [-0.4, -0.2) is 27.7 Å². The predicted octanol–water partition coefficient (Wildman–Crippen LogP) is 3.96. The van der Waals surface area contributed by atoms with Crippen LogP contribution in [0.25, 0.3) is 0 Å². The zero-order valence-electron chi connectivity index (χ0n) is 16.4. The lowest BCUT2D eigenvalue weighted by Gasteiger charge is -2.61. The lowest BCUT2D eigenvalue weighted by atomic mass is 9.44. The van der Waals surface area contributed by atoms with Crippen molar-refractivity contribution in [2.75, 3.05) is 0 Å². The quantitative estimate of drug-likeness (QED) is 0.754. The minimum atomic E-state index is -1.14. The van der Waals surface area contributed by atoms with E-state index in [2.05, 4.69) is 20.8 Å². The van der Waals surface area contributed by atoms with Gasteiger partial charge in [0.1, 0.15) is 5.60 Å². The minimum absolute atomic E-state index is 0.0239. The average molecular weight is 349 g/mol. The van der Waals surface area contributed by atoms with Gasteiger partial charge in [0.05, 0.1) is 6.10 Å². The predicted molar refractivity (Wildman–Crippen MR) is 97.9 cm³/mol. The van der Waals surface area contributed by atoms with Crippen LogP contribution in [0.4, 0.5) is 0 Å². The highest BCUT2D eigenvalue weighted by atomic mass is 16.3. The van der Waals surface area contributed by atoms with E-state index in [1.54, 1.807) is 6.92 Å². The van der Waals surface area contributed by atoms with Gasteiger partial charge in [-0.15, -0.1) is 0 Å². The smallest absolute Gasteiger partial charge is 0.162 e. The van der Waals surface area contributed by atoms with Crippen LogP contribution in [0, 0.1) is 40.4 Å². The molecule has 4 aliphatic rings. The lowest BCUT2D eigenvalue weighted by molar-refractivity contribution is -0.175. The lowest BCUT2D eigenvalue weighted by Crippen LogP contribution is -2.59. The molecule has 9 atom stereocenters. The molecule has 142 valence electrons. The number of aliphatic hydroxyl groups is 2. The molecule has 0 aliphatic heterocycles. The molecular formula is C22H36O3. The number of ketones is 1. The number of hydrogen-bond acceptors (Lipinski definition) is 3. The molecule has 0 amide bonds. The second-order valence-electron chi connectivity index (χ2n) is 10.5. The Morgan fingerprint density at radius 3 is 2.40 bits per heavy atom. The molecule has 0 bridgehead atoms. The van der Waals surface area contributed by atoms with Crippen molar-refractivity contribution in [3.8, 4) is 0 Å². The molecule has 4 aliphatic carbocycles. The number of carbonyl (C=O) groups excluding carboxylic acids is 1. The van der Waals surface area contributed by atoms with Crippen LogP contribution < -0.4 is 0 Å². The van der Waals surface area contributed by atoms with Gasteiger partial charge in [-0.05, 0) is 93.3 Å². The van der Waals surface area contributed by atoms with Gasteiger partial charge in [0.2, 0.25) is 0 Å². The van der Waals surface area contributed by atoms with Crippen molar-refractivity contribution in [1.29, 1.82) is 0 Å². The van der Waals surface area contributed by atoms with Crippen molar-refractivity contribution < 1.29 is 15.0 Å². The number of Topliss-reactive ketones (excluding diaryl/α,β-unsaturated/α-hetero) is 1. The normalized spacial score (nSPS) is 58.2. The number of fused-ring (bicyclic) bond motifs is 5. The maximum absolute atomic E-state index is 12.4. The summed E-state index contributed by atoms with van der Waals surface area (Å²) in [5.41, 5.74) is -1.04. The van der Waals surface area contributed by atoms with Crippen LogP contribution >= 0.6 is 0 Å². The fraction of sp³-hybridized carbons (Fsp3) is 0.955. The van der Waals surface area contributed by atoms with Crippen molar-refractivity contribution >= 4 is 5.78 Å². The van der Waals surface area contributed by atoms with Crippen LogP contribution in [0.1, 0.15) is 79.1 Å². The first-order valence-electron chi connectivity index (χ1n) is 10.6. The van der Waals surface area contributed by atoms with Crippen LogP contribution in [-0.2, 0) is 4.79 Å². The summed E-state index contributed by atoms with van der Waals surface area (Å²) in [6.07, 6.45) is 8.53. The molecule has 0 spiro atoms. The molecule has 4 fully saturated rings. The molecule has 0 aromatic rings. The molecule has 0 unspecified atom stereocenters. The third kappa shape index (κ3) is 2.15. The first-order chi connectivity index (χ1) is 11.6. The second kappa shape index (κ2) is 5.55. The number of carbonyl (C=O) groups is 1. The standard InChI is InChI=1S/C22H36O3/c1-13-11-19-17-6-5-15-12-16(24)7-9-20(15,3)18(17)8-10-21(19,4)22(13,25)14(2)23/h13,15-19,24-25H,5-12H2,1-4H3/t13-,15-,16+,17-,18+,19-,20+,21+,22-/m1/s1. The largest absolute Gasteiger partial charge is 0.393 e. The van der Waals surface area contributed by atoms with Gasteiger partial charge < -0.3 is 10.2 Å². The average Bonchev–Trinajstić information content (AvgIpc) is 2.77. The summed E-state index contributed by atoms with van der Waals surface area (Å²) < 4.78 is 0. The molecule has 0 heterocycles. The molecule has 25 heavy (non-hydrogen) atoms. The zero-order valence-corrected chi connectivity index (χ0v) is 16.4. The molecule has 0 aromatic heterocycles. The second-order valence-corrected chi connectivity index (χ2v) is 10.5. The molecular weight excluding hydrogens is 312 g/mol. The van der Waals surface area contributed by atoms with E-state index >= 15 is 0 Å². The summed E-state index contributed by atoms with van der Waals surface area (Å²) >= 11 is 0. The van der Waals surface area contributed by atoms with E-state index in [0.29, 0.717) is 29.1 Å². The third-order valence-corrected chi connectivity index (χ3v) is 9.76. The summed E-state index contributed by atoms with van der Waals surface area (Å²) in [5, 5.41) is 21.6. The van der Waals surface area contributed by atoms with Crippen molar-refractivity contribution in [2.45, 2.75) is 90.8 Å². The fourth-order valence-electron chi connectivity index (χ4n) is 8.33. The fourth-order valence-corrected chi connectivity index (χ4v) is 8.33. The van der Waals surface area contributed by atoms with E-state index in [4.69, 9.17) is 0 Å². The van der Waals surface area contributed by atoms with Gasteiger partial charge in [-0.1, -0.05) is 20.8 Å². The molecule has 0 radical (unpaired) electrons. The van der Waals surface area contributed by atoms with Crippen LogP contribution in [0.15, 0.2) is 0 Å². The van der Waals surface area contributed by atoms with Gasteiger partial charge in [0.15, 0.2) is 5.78 Å². The molecule has 0 saturated heterocycles. The van der Waals surface area contributed by atoms with Crippen LogP contribution in [0.3, 0.4) is 0 Å². The number of hydrogen-bond donors (Lipinski definition) is 2. The van der Waals surface area contributed by atoms with E-state index in [-0.39, 0.29) is 23.2 Å². The minimum Gasteiger partial charge on any atom is -0.393 e. The Hall–Kier alpha value is -0.410. The molecule has 2 N–H and O–H groups in total. The van der Waals surface area contributed by atoms with E-state index in [1.165, 1.54) is 12.8 Å². The van der Waals surface area contributed by atoms with Crippen LogP contribution in [0.5, 0.6) is 0 Å². The van der Waals surface area contributed by atoms with E-state index < -0.39 is 5.60 Å². The Morgan fingerprint density at radius 2 is 1.72 bits per heavy atom. The number of aliphatic hydroxyl groups excluding tert-OH is 1. The Bertz CT molecular complexity index is 574. The van der Waals surface area contributed by atoms with Gasteiger partial charge in [0.25, 0.3) is 0 Å². The van der Waals surface area contributed by atoms with Crippen molar-refractivity contribution in [3.05, 3.63) is 0 Å². The molecule has 4 saturated carbocycles. The summed E-state index contributed by atoms with van der Waals surface area (Å²) in [7, 11) is 0. The Kier molecular flexibility index (Phi) is 3.99. The molecule has 4 rings (SSSR count). The molecule has 0 aromatic carbocycles. The van der Waals surface area contributed by atoms with Crippen molar-refractivity contribution in [3.63, 3.8) is 0 Å². The third-order valence-electron chi connectivity index (χ3n) is 9.76. The summed E-state index contributed by atoms with van der Waals surface area (Å²) in [6.45, 7) is 8.37. The van der Waals surface area contributed by atoms with Crippen molar-refractivity contribution in [1.82, 2.24) is 0 Å². The first kappa shape index (κ1) is 18.0. The Morgan fingerprint density at radius 1 is 1.00 bits per heavy atom. The van der Waals surface area contributed by atoms with E-state index in [0.717, 1.165) is 38.5 Å². The van der Waals surface area contributed by atoms with Crippen molar-refractivity contribution in [2.24, 2.45) is 40.4 Å². The zero-order chi connectivity index (χ0) is 18.2. The highest BCUT2D eigenvalue weighted by Crippen LogP contribution is 2.69. The highest BCUT2D eigenvalue weighted by molar-refractivity contribution is 5.86. The summed E-state index contributed by atoms with van der Waals surface area (Å²) in [6, 6.07) is 0. The molecule has 3 nitrogen and oxygen atoms in total. The summed E-state index contributed by atoms with van der Waals surface area (Å²) in [4.78, 5) is 12.4. The van der Waals surface area contributed by atoms with E-state index in [1.807, 2.05) is 0 Å². The van der Waals surface area contributed by atoms with Gasteiger partial charge in [-0.3, -0.25) is 4.79 Å². The van der Waals surface area contributed by atoms with Gasteiger partial charge in [-0.2, -0.15) is 0 Å². The van der Waals surface area contributed by atoms with Gasteiger partial charge in [-0.25, -0.2) is 0 Å². The Balaban J connectivity index is 1.67. The monoisotopic (exact) mass is 348 g/mol. The van der Waals surface area contributed by atoms with Crippen LogP contribution in [0.2, 0.25) is 0 Å². The topological polar surface area (TPSA) is 57.5 Å². The maximum Gasteiger partial charge on any atom is 0.162 e. The SMILES string of the molecule is CC(=O)[C@]1(O)[C@H](C)C[C@@H]2[C@@H]3CC[C@@H]4C[C@@H](O)CC[C@]4(C)[C@H]3CC[C@@]21C. The molecule has 3 heteroatoms. The highest BCUT2D eigenvalue weighted by Gasteiger charge is 2.68. The Labute approximate surface area is 152 Å². The van der Waals surface area contributed by atoms with Gasteiger partial charge in [0, 0.05) is 5.41 Å². The maximum atomic E-state index is 12.4. The van der Waals surface area contributed by atoms with Gasteiger partial charge >= 0.3 is 0 Å².